The molecule has 1 nitrogen and oxygen atoms in total. The number of rotatable bonds is 0. The molecule has 0 aliphatic rings. The first-order chi connectivity index (χ1) is 3.30. The molecule has 36 valence electrons. The van der Waals surface area contributed by atoms with Crippen LogP contribution in [0.3, 0.4) is 0 Å². The van der Waals surface area contributed by atoms with Gasteiger partial charge in [-0.2, -0.15) is 0 Å². The van der Waals surface area contributed by atoms with Crippen LogP contribution in [0.25, 0.3) is 0 Å². The van der Waals surface area contributed by atoms with Gasteiger partial charge in [0.2, 0.25) is 0 Å². The fraction of sp³-hybridized carbons (Fsp3) is 0.250. The predicted octanol–water partition coefficient (Wildman–Crippen LogP) is -0.290. The second-order valence-electron chi connectivity index (χ2n) is 1.56. The summed E-state index contributed by atoms with van der Waals surface area (Å²) >= 11 is 1.55. The van der Waals surface area contributed by atoms with Crippen molar-refractivity contribution in [3.05, 3.63) is 11.1 Å². The lowest BCUT2D eigenvalue weighted by Crippen LogP contribution is -1.98. The molecule has 0 spiro atoms. The van der Waals surface area contributed by atoms with Gasteiger partial charge < -0.3 is 0 Å². The highest BCUT2D eigenvalue weighted by atomic mass is 32.1. The van der Waals surface area contributed by atoms with Crippen molar-refractivity contribution >= 4 is 24.8 Å². The van der Waals surface area contributed by atoms with E-state index in [0.717, 1.165) is 0 Å². The maximum atomic E-state index is 3.96. The van der Waals surface area contributed by atoms with Gasteiger partial charge in [0.25, 0.3) is 0 Å². The Kier molecular flexibility index (Phi) is 1.15. The van der Waals surface area contributed by atoms with Crippen LogP contribution in [0.2, 0.25) is 0 Å². The first kappa shape index (κ1) is 4.84. The van der Waals surface area contributed by atoms with Gasteiger partial charge in [-0.3, -0.25) is 0 Å². The lowest BCUT2D eigenvalue weighted by Gasteiger charge is -1.76. The van der Waals surface area contributed by atoms with Crippen LogP contribution in [-0.4, -0.2) is 12.2 Å². The molecule has 7 heavy (non-hydrogen) atoms. The molecule has 0 atom stereocenters. The maximum Gasteiger partial charge on any atom is 0.142 e. The SMILES string of the molecule is Bc1cnsc1C. The van der Waals surface area contributed by atoms with Gasteiger partial charge in [0.1, 0.15) is 7.85 Å². The zero-order valence-electron chi connectivity index (χ0n) is 4.43. The normalized spacial score (nSPS) is 9.29. The standard InChI is InChI=1S/C4H6BNS/c1-3-4(5)2-6-7-3/h2H,5H2,1H3. The molecule has 0 aromatic carbocycles. The molecule has 0 aliphatic heterocycles. The van der Waals surface area contributed by atoms with Gasteiger partial charge in [0.15, 0.2) is 0 Å². The van der Waals surface area contributed by atoms with Crippen LogP contribution in [0.5, 0.6) is 0 Å². The minimum atomic E-state index is 1.30. The van der Waals surface area contributed by atoms with Gasteiger partial charge in [-0.05, 0) is 18.5 Å². The quantitative estimate of drug-likeness (QED) is 0.419. The highest BCUT2D eigenvalue weighted by Crippen LogP contribution is 1.94. The van der Waals surface area contributed by atoms with Crippen LogP contribution in [-0.2, 0) is 0 Å². The zero-order chi connectivity index (χ0) is 5.28. The summed E-state index contributed by atoms with van der Waals surface area (Å²) in [6.07, 6.45) is 1.89. The molecule has 0 saturated carbocycles. The van der Waals surface area contributed by atoms with Gasteiger partial charge in [-0.1, -0.05) is 5.46 Å². The summed E-state index contributed by atoms with van der Waals surface area (Å²) < 4.78 is 3.96. The summed E-state index contributed by atoms with van der Waals surface area (Å²) in [5.41, 5.74) is 1.30. The van der Waals surface area contributed by atoms with Crippen molar-refractivity contribution in [3.8, 4) is 0 Å². The van der Waals surface area contributed by atoms with Gasteiger partial charge >= 0.3 is 0 Å². The predicted molar refractivity (Wildman–Crippen MR) is 35.0 cm³/mol. The number of aromatic nitrogens is 1. The van der Waals surface area contributed by atoms with E-state index >= 15 is 0 Å². The highest BCUT2D eigenvalue weighted by Gasteiger charge is 1.88. The molecule has 0 saturated heterocycles. The van der Waals surface area contributed by atoms with Gasteiger partial charge in [0, 0.05) is 11.1 Å². The summed E-state index contributed by atoms with van der Waals surface area (Å²) in [6.45, 7) is 2.08. The summed E-state index contributed by atoms with van der Waals surface area (Å²) in [5.74, 6) is 0. The molecule has 0 unspecified atom stereocenters. The van der Waals surface area contributed by atoms with Crippen LogP contribution in [0.1, 0.15) is 4.88 Å². The number of hydrogen-bond donors (Lipinski definition) is 0. The van der Waals surface area contributed by atoms with Gasteiger partial charge in [0.05, 0.1) is 0 Å². The van der Waals surface area contributed by atoms with Crippen LogP contribution in [0, 0.1) is 6.92 Å². The molecule has 1 aromatic rings. The van der Waals surface area contributed by atoms with E-state index in [1.165, 1.54) is 10.3 Å². The molecule has 1 aromatic heterocycles. The summed E-state index contributed by atoms with van der Waals surface area (Å²) in [4.78, 5) is 1.32. The molecule has 3 heteroatoms. The topological polar surface area (TPSA) is 12.9 Å². The summed E-state index contributed by atoms with van der Waals surface area (Å²) in [5, 5.41) is 0. The van der Waals surface area contributed by atoms with E-state index in [-0.39, 0.29) is 0 Å². The first-order valence-electron chi connectivity index (χ1n) is 2.18. The van der Waals surface area contributed by atoms with E-state index in [0.29, 0.717) is 0 Å². The molecular formula is C4H6BNS. The molecule has 0 N–H and O–H groups in total. The minimum absolute atomic E-state index is 1.30. The first-order valence-corrected chi connectivity index (χ1v) is 2.96. The Morgan fingerprint density at radius 1 is 1.86 bits per heavy atom. The molecule has 0 bridgehead atoms. The number of hydrogen-bond acceptors (Lipinski definition) is 2. The lowest BCUT2D eigenvalue weighted by atomic mass is 9.99. The van der Waals surface area contributed by atoms with Crippen molar-refractivity contribution < 1.29 is 0 Å². The maximum absolute atomic E-state index is 3.96. The molecule has 0 fully saturated rings. The Hall–Kier alpha value is -0.305. The number of aryl methyl sites for hydroxylation is 1. The Bertz CT molecular complexity index is 144. The van der Waals surface area contributed by atoms with Crippen LogP contribution in [0.4, 0.5) is 0 Å². The third-order valence-corrected chi connectivity index (χ3v) is 1.80. The van der Waals surface area contributed by atoms with Crippen molar-refractivity contribution in [2.45, 2.75) is 6.92 Å². The molecule has 0 aliphatic carbocycles. The molecule has 0 radical (unpaired) electrons. The highest BCUT2D eigenvalue weighted by molar-refractivity contribution is 7.06. The number of nitrogens with zero attached hydrogens (tertiary/aromatic N) is 1. The third kappa shape index (κ3) is 0.827. The van der Waals surface area contributed by atoms with Crippen molar-refractivity contribution in [2.75, 3.05) is 0 Å². The molecular weight excluding hydrogens is 105 g/mol. The van der Waals surface area contributed by atoms with E-state index in [9.17, 15) is 0 Å². The van der Waals surface area contributed by atoms with Crippen molar-refractivity contribution in [1.82, 2.24) is 4.37 Å². The van der Waals surface area contributed by atoms with Crippen molar-refractivity contribution in [1.29, 1.82) is 0 Å². The second-order valence-corrected chi connectivity index (χ2v) is 2.57. The smallest absolute Gasteiger partial charge is 0.142 e. The van der Waals surface area contributed by atoms with E-state index in [2.05, 4.69) is 19.1 Å². The largest absolute Gasteiger partial charge is 0.202 e. The zero-order valence-corrected chi connectivity index (χ0v) is 5.25. The minimum Gasteiger partial charge on any atom is -0.202 e. The van der Waals surface area contributed by atoms with Gasteiger partial charge in [-0.15, -0.1) is 0 Å². The second kappa shape index (κ2) is 1.66. The van der Waals surface area contributed by atoms with E-state index in [4.69, 9.17) is 0 Å². The average Bonchev–Trinajstić information content (AvgIpc) is 1.91. The third-order valence-electron chi connectivity index (χ3n) is 0.991. The summed E-state index contributed by atoms with van der Waals surface area (Å²) in [6, 6.07) is 0. The Balaban J connectivity index is 3.12. The van der Waals surface area contributed by atoms with E-state index in [1.54, 1.807) is 11.5 Å². The van der Waals surface area contributed by atoms with E-state index < -0.39 is 0 Å². The lowest BCUT2D eigenvalue weighted by molar-refractivity contribution is 1.60. The van der Waals surface area contributed by atoms with Crippen molar-refractivity contribution in [2.24, 2.45) is 0 Å². The van der Waals surface area contributed by atoms with Crippen molar-refractivity contribution in [3.63, 3.8) is 0 Å². The van der Waals surface area contributed by atoms with Gasteiger partial charge in [-0.25, -0.2) is 4.37 Å². The van der Waals surface area contributed by atoms with Crippen LogP contribution in [0.15, 0.2) is 6.20 Å². The Morgan fingerprint density at radius 2 is 2.57 bits per heavy atom. The monoisotopic (exact) mass is 111 g/mol. The fourth-order valence-corrected chi connectivity index (χ4v) is 0.913. The molecule has 1 rings (SSSR count). The summed E-state index contributed by atoms with van der Waals surface area (Å²) in [7, 11) is 2.07. The Labute approximate surface area is 47.9 Å². The van der Waals surface area contributed by atoms with E-state index in [1.807, 2.05) is 6.20 Å². The van der Waals surface area contributed by atoms with Crippen LogP contribution >= 0.6 is 11.5 Å². The molecule has 0 amide bonds. The van der Waals surface area contributed by atoms with Crippen LogP contribution < -0.4 is 5.46 Å². The fourth-order valence-electron chi connectivity index (χ4n) is 0.347. The Morgan fingerprint density at radius 3 is 2.71 bits per heavy atom. The average molecular weight is 111 g/mol. The molecule has 1 heterocycles.